The Morgan fingerprint density at radius 3 is 2.34 bits per heavy atom. The lowest BCUT2D eigenvalue weighted by Gasteiger charge is -2.38. The number of aliphatic imine (C=N–C) groups is 1. The summed E-state index contributed by atoms with van der Waals surface area (Å²) in [6, 6.07) is 3.77. The number of benzene rings is 1. The number of rotatable bonds is 6. The summed E-state index contributed by atoms with van der Waals surface area (Å²) in [4.78, 5) is 29.8. The number of esters is 2. The zero-order valence-electron chi connectivity index (χ0n) is 16.2. The second-order valence-electron chi connectivity index (χ2n) is 6.55. The third-order valence-corrected chi connectivity index (χ3v) is 5.03. The largest absolute Gasteiger partial charge is 0.466 e. The fourth-order valence-corrected chi connectivity index (χ4v) is 3.82. The fourth-order valence-electron chi connectivity index (χ4n) is 3.59. The third kappa shape index (κ3) is 5.01. The second kappa shape index (κ2) is 9.47. The van der Waals surface area contributed by atoms with Gasteiger partial charge in [-0.25, -0.2) is 0 Å². The van der Waals surface area contributed by atoms with Crippen LogP contribution in [0.1, 0.15) is 37.8 Å². The first-order valence-corrected chi connectivity index (χ1v) is 9.62. The van der Waals surface area contributed by atoms with Gasteiger partial charge in [-0.15, -0.1) is 0 Å². The summed E-state index contributed by atoms with van der Waals surface area (Å²) < 4.78 is 50.1. The van der Waals surface area contributed by atoms with E-state index in [0.717, 1.165) is 12.1 Å². The smallest absolute Gasteiger partial charge is 0.416 e. The Bertz CT molecular complexity index is 809. The van der Waals surface area contributed by atoms with Crippen molar-refractivity contribution in [1.29, 1.82) is 0 Å². The Morgan fingerprint density at radius 2 is 1.79 bits per heavy atom. The molecule has 0 aromatic heterocycles. The first kappa shape index (κ1) is 23.0. The van der Waals surface area contributed by atoms with Gasteiger partial charge in [-0.1, -0.05) is 30.4 Å². The van der Waals surface area contributed by atoms with E-state index in [0.29, 0.717) is 5.71 Å². The van der Waals surface area contributed by atoms with Gasteiger partial charge in [0.25, 0.3) is 0 Å². The van der Waals surface area contributed by atoms with Gasteiger partial charge >= 0.3 is 18.1 Å². The first-order chi connectivity index (χ1) is 13.6. The highest BCUT2D eigenvalue weighted by Gasteiger charge is 2.49. The lowest BCUT2D eigenvalue weighted by molar-refractivity contribution is -0.152. The maximum Gasteiger partial charge on any atom is 0.416 e. The molecule has 1 aliphatic heterocycles. The molecule has 1 aromatic carbocycles. The number of halogens is 3. The van der Waals surface area contributed by atoms with Crippen molar-refractivity contribution in [3.05, 3.63) is 35.4 Å². The van der Waals surface area contributed by atoms with Crippen molar-refractivity contribution in [2.24, 2.45) is 16.8 Å². The number of nitrogens with zero attached hydrogens (tertiary/aromatic N) is 1. The van der Waals surface area contributed by atoms with Gasteiger partial charge in [-0.3, -0.25) is 14.6 Å². The fraction of sp³-hybridized carbons (Fsp3) is 0.500. The topological polar surface area (TPSA) is 65.0 Å². The minimum Gasteiger partial charge on any atom is -0.466 e. The molecule has 0 amide bonds. The van der Waals surface area contributed by atoms with Gasteiger partial charge in [-0.05, 0) is 32.4 Å². The summed E-state index contributed by atoms with van der Waals surface area (Å²) >= 11 is 5.01. The molecule has 1 aliphatic rings. The highest BCUT2D eigenvalue weighted by molar-refractivity contribution is 7.79. The number of thiocarbonyl (C=S) groups is 1. The lowest BCUT2D eigenvalue weighted by Crippen LogP contribution is -2.47. The molecule has 158 valence electrons. The molecule has 0 saturated heterocycles. The molecule has 1 heterocycles. The predicted molar refractivity (Wildman–Crippen MR) is 105 cm³/mol. The van der Waals surface area contributed by atoms with Crippen LogP contribution in [0.15, 0.2) is 29.3 Å². The van der Waals surface area contributed by atoms with Crippen LogP contribution in [0.4, 0.5) is 13.2 Å². The highest BCUT2D eigenvalue weighted by Crippen LogP contribution is 2.42. The molecule has 4 atom stereocenters. The van der Waals surface area contributed by atoms with Crippen molar-refractivity contribution in [2.75, 3.05) is 13.2 Å². The van der Waals surface area contributed by atoms with Gasteiger partial charge in [0.1, 0.15) is 5.92 Å². The van der Waals surface area contributed by atoms with Gasteiger partial charge in [-0.2, -0.15) is 13.2 Å². The van der Waals surface area contributed by atoms with Crippen molar-refractivity contribution in [3.8, 4) is 0 Å². The SMILES string of the molecule is CCOC(=O)C1C(C)=NC(C=S)C(C(=O)OCC)C1c1cccc(C(F)(F)F)c1. The molecule has 29 heavy (non-hydrogen) atoms. The highest BCUT2D eigenvalue weighted by atomic mass is 32.1. The van der Waals surface area contributed by atoms with E-state index >= 15 is 0 Å². The minimum absolute atomic E-state index is 0.0710. The van der Waals surface area contributed by atoms with Crippen LogP contribution in [0.2, 0.25) is 0 Å². The lowest BCUT2D eigenvalue weighted by atomic mass is 9.70. The number of alkyl halides is 3. The monoisotopic (exact) mass is 429 g/mol. The zero-order chi connectivity index (χ0) is 21.8. The standard InChI is InChI=1S/C20H22F3NO4S/c1-4-27-18(25)15-11(3)24-14(10-29)17(19(26)28-5-2)16(15)12-7-6-8-13(9-12)20(21,22)23/h6-10,14-17H,4-5H2,1-3H3. The maximum atomic E-state index is 13.3. The Morgan fingerprint density at radius 1 is 1.17 bits per heavy atom. The molecule has 9 heteroatoms. The molecule has 0 saturated carbocycles. The zero-order valence-corrected chi connectivity index (χ0v) is 17.0. The van der Waals surface area contributed by atoms with Crippen molar-refractivity contribution in [1.82, 2.24) is 0 Å². The molecule has 1 aromatic rings. The van der Waals surface area contributed by atoms with E-state index in [9.17, 15) is 22.8 Å². The molecule has 2 rings (SSSR count). The Labute approximate surface area is 172 Å². The van der Waals surface area contributed by atoms with Crippen LogP contribution in [0.25, 0.3) is 0 Å². The maximum absolute atomic E-state index is 13.3. The van der Waals surface area contributed by atoms with E-state index in [1.54, 1.807) is 20.8 Å². The summed E-state index contributed by atoms with van der Waals surface area (Å²) in [5.41, 5.74) is -0.358. The van der Waals surface area contributed by atoms with Gasteiger partial charge in [0.05, 0.1) is 30.7 Å². The molecule has 0 N–H and O–H groups in total. The number of hydrogen-bond acceptors (Lipinski definition) is 6. The molecule has 0 bridgehead atoms. The molecule has 0 spiro atoms. The summed E-state index contributed by atoms with van der Waals surface area (Å²) in [6.45, 7) is 4.97. The van der Waals surface area contributed by atoms with Crippen molar-refractivity contribution in [2.45, 2.75) is 38.9 Å². The normalized spacial score (nSPS) is 24.4. The van der Waals surface area contributed by atoms with Crippen LogP contribution in [-0.2, 0) is 25.2 Å². The van der Waals surface area contributed by atoms with Crippen LogP contribution in [0, 0.1) is 11.8 Å². The van der Waals surface area contributed by atoms with Crippen LogP contribution in [0.3, 0.4) is 0 Å². The quantitative estimate of drug-likeness (QED) is 0.505. The van der Waals surface area contributed by atoms with E-state index in [-0.39, 0.29) is 18.8 Å². The average molecular weight is 429 g/mol. The van der Waals surface area contributed by atoms with Gasteiger partial charge in [0.15, 0.2) is 0 Å². The molecule has 0 radical (unpaired) electrons. The van der Waals surface area contributed by atoms with Crippen LogP contribution in [-0.4, -0.2) is 42.3 Å². The Kier molecular flexibility index (Phi) is 7.51. The molecule has 0 fully saturated rings. The van der Waals surface area contributed by atoms with E-state index in [1.165, 1.54) is 17.5 Å². The first-order valence-electron chi connectivity index (χ1n) is 9.15. The average Bonchev–Trinajstić information content (AvgIpc) is 2.66. The molecular formula is C20H22F3NO4S. The van der Waals surface area contributed by atoms with Crippen LogP contribution >= 0.6 is 12.2 Å². The Hall–Kier alpha value is -2.29. The van der Waals surface area contributed by atoms with E-state index in [1.807, 2.05) is 0 Å². The number of carbonyl (C=O) groups is 2. The van der Waals surface area contributed by atoms with Crippen LogP contribution < -0.4 is 0 Å². The van der Waals surface area contributed by atoms with E-state index in [4.69, 9.17) is 21.7 Å². The number of ether oxygens (including phenoxy) is 2. The summed E-state index contributed by atoms with van der Waals surface area (Å²) in [5, 5.41) is 1.27. The summed E-state index contributed by atoms with van der Waals surface area (Å²) in [5.74, 6) is -4.37. The predicted octanol–water partition coefficient (Wildman–Crippen LogP) is 3.99. The summed E-state index contributed by atoms with van der Waals surface area (Å²) in [7, 11) is 0. The number of carbonyl (C=O) groups excluding carboxylic acids is 2. The van der Waals surface area contributed by atoms with Crippen LogP contribution in [0.5, 0.6) is 0 Å². The molecule has 5 nitrogen and oxygen atoms in total. The van der Waals surface area contributed by atoms with Gasteiger partial charge in [0, 0.05) is 17.0 Å². The Balaban J connectivity index is 2.69. The van der Waals surface area contributed by atoms with Gasteiger partial charge in [0.2, 0.25) is 0 Å². The second-order valence-corrected chi connectivity index (χ2v) is 6.83. The minimum atomic E-state index is -4.57. The van der Waals surface area contributed by atoms with Crippen molar-refractivity contribution in [3.63, 3.8) is 0 Å². The third-order valence-electron chi connectivity index (χ3n) is 4.75. The van der Waals surface area contributed by atoms with E-state index < -0.39 is 47.5 Å². The van der Waals surface area contributed by atoms with E-state index in [2.05, 4.69) is 4.99 Å². The van der Waals surface area contributed by atoms with Crippen molar-refractivity contribution >= 4 is 35.2 Å². The molecule has 0 aliphatic carbocycles. The number of hydrogen-bond donors (Lipinski definition) is 0. The molecular weight excluding hydrogens is 407 g/mol. The molecule has 4 unspecified atom stereocenters. The van der Waals surface area contributed by atoms with Crippen molar-refractivity contribution < 1.29 is 32.2 Å². The van der Waals surface area contributed by atoms with Gasteiger partial charge < -0.3 is 9.47 Å². The summed E-state index contributed by atoms with van der Waals surface area (Å²) in [6.07, 6.45) is -4.57.